The molecule has 0 saturated heterocycles. The van der Waals surface area contributed by atoms with Gasteiger partial charge in [0.15, 0.2) is 5.78 Å². The molecule has 0 saturated carbocycles. The predicted octanol–water partition coefficient (Wildman–Crippen LogP) is 3.45. The molecule has 0 aliphatic carbocycles. The van der Waals surface area contributed by atoms with E-state index < -0.39 is 0 Å². The van der Waals surface area contributed by atoms with Gasteiger partial charge < -0.3 is 10.4 Å². The van der Waals surface area contributed by atoms with Gasteiger partial charge in [-0.15, -0.1) is 0 Å². The molecule has 2 N–H and O–H groups in total. The van der Waals surface area contributed by atoms with Crippen LogP contribution in [0.4, 0.5) is 0 Å². The minimum atomic E-state index is -0.0834. The molecule has 1 aliphatic heterocycles. The van der Waals surface area contributed by atoms with Crippen LogP contribution in [0.5, 0.6) is 5.75 Å². The first-order valence-electron chi connectivity index (χ1n) is 8.27. The van der Waals surface area contributed by atoms with Gasteiger partial charge in [0.2, 0.25) is 0 Å². The molecule has 0 aromatic heterocycles. The van der Waals surface area contributed by atoms with Crippen molar-refractivity contribution in [3.63, 3.8) is 0 Å². The molecule has 3 rings (SSSR count). The highest BCUT2D eigenvalue weighted by atomic mass is 16.3. The summed E-state index contributed by atoms with van der Waals surface area (Å²) in [4.78, 5) is 17.1. The molecule has 2 aromatic carbocycles. The molecule has 0 spiro atoms. The number of hydrogen-bond acceptors (Lipinski definition) is 4. The van der Waals surface area contributed by atoms with Crippen molar-refractivity contribution in [2.75, 3.05) is 13.1 Å². The lowest BCUT2D eigenvalue weighted by Gasteiger charge is -2.17. The number of ketones is 1. The van der Waals surface area contributed by atoms with Crippen LogP contribution in [0.2, 0.25) is 0 Å². The number of aliphatic imine (C=N–C) groups is 1. The van der Waals surface area contributed by atoms with E-state index in [1.165, 1.54) is 5.56 Å². The van der Waals surface area contributed by atoms with Gasteiger partial charge in [-0.3, -0.25) is 9.79 Å². The van der Waals surface area contributed by atoms with Crippen molar-refractivity contribution in [3.8, 4) is 5.75 Å². The lowest BCUT2D eigenvalue weighted by atomic mass is 9.96. The Balaban J connectivity index is 1.73. The molecule has 4 heteroatoms. The molecule has 0 bridgehead atoms. The van der Waals surface area contributed by atoms with Crippen molar-refractivity contribution in [1.82, 2.24) is 5.32 Å². The van der Waals surface area contributed by atoms with Gasteiger partial charge in [-0.05, 0) is 30.2 Å². The highest BCUT2D eigenvalue weighted by Gasteiger charge is 2.20. The lowest BCUT2D eigenvalue weighted by Crippen LogP contribution is -2.23. The Bertz CT molecular complexity index is 753. The number of phenols is 1. The van der Waals surface area contributed by atoms with Crippen molar-refractivity contribution in [2.45, 2.75) is 25.8 Å². The fourth-order valence-corrected chi connectivity index (χ4v) is 3.03. The van der Waals surface area contributed by atoms with Crippen LogP contribution < -0.4 is 5.32 Å². The second-order valence-electron chi connectivity index (χ2n) is 6.19. The third kappa shape index (κ3) is 3.89. The second kappa shape index (κ2) is 7.41. The number of carbonyl (C=O) groups excluding carboxylic acids is 1. The first kappa shape index (κ1) is 16.4. The number of aryl methyl sites for hydroxylation is 1. The fraction of sp³-hybridized carbons (Fsp3) is 0.300. The van der Waals surface area contributed by atoms with Crippen molar-refractivity contribution in [1.29, 1.82) is 0 Å². The van der Waals surface area contributed by atoms with Crippen LogP contribution in [0.25, 0.3) is 0 Å². The number of nitrogens with zero attached hydrogens (tertiary/aromatic N) is 1. The minimum Gasteiger partial charge on any atom is -0.507 e. The predicted molar refractivity (Wildman–Crippen MR) is 95.9 cm³/mol. The summed E-state index contributed by atoms with van der Waals surface area (Å²) in [5.41, 5.74) is 3.40. The molecule has 1 atom stereocenters. The number of phenolic OH excluding ortho intramolecular Hbond substituents is 1. The van der Waals surface area contributed by atoms with Gasteiger partial charge >= 0.3 is 0 Å². The summed E-state index contributed by atoms with van der Waals surface area (Å²) in [6, 6.07) is 15.6. The Morgan fingerprint density at radius 3 is 2.79 bits per heavy atom. The van der Waals surface area contributed by atoms with Crippen LogP contribution in [0.3, 0.4) is 0 Å². The minimum absolute atomic E-state index is 0.0481. The summed E-state index contributed by atoms with van der Waals surface area (Å²) in [6.07, 6.45) is 0.962. The van der Waals surface area contributed by atoms with E-state index in [9.17, 15) is 9.90 Å². The average Bonchev–Trinajstić information content (AvgIpc) is 2.81. The van der Waals surface area contributed by atoms with E-state index in [0.29, 0.717) is 18.5 Å². The van der Waals surface area contributed by atoms with E-state index in [1.807, 2.05) is 31.2 Å². The summed E-state index contributed by atoms with van der Waals surface area (Å²) in [5, 5.41) is 13.5. The van der Waals surface area contributed by atoms with Crippen LogP contribution in [0, 0.1) is 6.92 Å². The van der Waals surface area contributed by atoms with E-state index in [1.54, 1.807) is 12.1 Å². The van der Waals surface area contributed by atoms with Crippen molar-refractivity contribution < 1.29 is 9.90 Å². The topological polar surface area (TPSA) is 61.7 Å². The summed E-state index contributed by atoms with van der Waals surface area (Å²) in [7, 11) is 0. The van der Waals surface area contributed by atoms with E-state index in [-0.39, 0.29) is 24.0 Å². The molecule has 24 heavy (non-hydrogen) atoms. The normalized spacial score (nSPS) is 17.9. The third-order valence-corrected chi connectivity index (χ3v) is 4.30. The molecule has 0 radical (unpaired) electrons. The number of rotatable bonds is 4. The van der Waals surface area contributed by atoms with Gasteiger partial charge in [-0.2, -0.15) is 0 Å². The first-order valence-corrected chi connectivity index (χ1v) is 8.27. The molecule has 4 nitrogen and oxygen atoms in total. The Hall–Kier alpha value is -2.46. The van der Waals surface area contributed by atoms with Gasteiger partial charge in [0, 0.05) is 31.1 Å². The van der Waals surface area contributed by atoms with Crippen molar-refractivity contribution in [2.24, 2.45) is 4.99 Å². The molecule has 0 fully saturated rings. The highest BCUT2D eigenvalue weighted by Crippen LogP contribution is 2.23. The molecule has 124 valence electrons. The van der Waals surface area contributed by atoms with Crippen LogP contribution in [-0.2, 0) is 0 Å². The Morgan fingerprint density at radius 2 is 2.04 bits per heavy atom. The third-order valence-electron chi connectivity index (χ3n) is 4.30. The monoisotopic (exact) mass is 322 g/mol. The van der Waals surface area contributed by atoms with E-state index in [0.717, 1.165) is 17.8 Å². The number of benzene rings is 2. The van der Waals surface area contributed by atoms with Crippen LogP contribution in [0.15, 0.2) is 53.5 Å². The van der Waals surface area contributed by atoms with Gasteiger partial charge in [0.25, 0.3) is 0 Å². The van der Waals surface area contributed by atoms with Crippen LogP contribution >= 0.6 is 0 Å². The van der Waals surface area contributed by atoms with Gasteiger partial charge in [-0.1, -0.05) is 36.4 Å². The largest absolute Gasteiger partial charge is 0.507 e. The lowest BCUT2D eigenvalue weighted by molar-refractivity contribution is 0.0997. The first-order chi connectivity index (χ1) is 11.6. The molecule has 0 amide bonds. The van der Waals surface area contributed by atoms with Gasteiger partial charge in [-0.25, -0.2) is 0 Å². The Kier molecular flexibility index (Phi) is 5.06. The maximum absolute atomic E-state index is 12.5. The molecule has 1 heterocycles. The molecule has 1 aliphatic rings. The summed E-state index contributed by atoms with van der Waals surface area (Å²) < 4.78 is 0. The summed E-state index contributed by atoms with van der Waals surface area (Å²) >= 11 is 0. The molecular formula is C20H22N2O2. The number of aromatic hydroxyl groups is 1. The average molecular weight is 322 g/mol. The quantitative estimate of drug-likeness (QED) is 0.848. The van der Waals surface area contributed by atoms with E-state index >= 15 is 0 Å². The van der Waals surface area contributed by atoms with Crippen molar-refractivity contribution >= 4 is 11.5 Å². The van der Waals surface area contributed by atoms with E-state index in [4.69, 9.17) is 0 Å². The maximum Gasteiger partial charge on any atom is 0.172 e. The second-order valence-corrected chi connectivity index (χ2v) is 6.19. The smallest absolute Gasteiger partial charge is 0.172 e. The summed E-state index contributed by atoms with van der Waals surface area (Å²) in [6.45, 7) is 3.36. The number of Topliss-reactive ketones (excluding diaryl/α,β-unsaturated/α-hetero) is 1. The Morgan fingerprint density at radius 1 is 1.25 bits per heavy atom. The maximum atomic E-state index is 12.5. The van der Waals surface area contributed by atoms with E-state index in [2.05, 4.69) is 22.4 Å². The number of nitrogens with one attached hydrogen (secondary N) is 1. The zero-order chi connectivity index (χ0) is 16.9. The van der Waals surface area contributed by atoms with Gasteiger partial charge in [0.05, 0.1) is 12.1 Å². The zero-order valence-corrected chi connectivity index (χ0v) is 13.8. The number of carbonyl (C=O) groups is 1. The zero-order valence-electron chi connectivity index (χ0n) is 13.8. The summed E-state index contributed by atoms with van der Waals surface area (Å²) in [5.74, 6) is -0.0353. The molecule has 2 aromatic rings. The van der Waals surface area contributed by atoms with Gasteiger partial charge in [0.1, 0.15) is 5.75 Å². The SMILES string of the molecule is Cc1ccc(C(=O)CC2=NCCNC(c3ccccc3)C2)c(O)c1. The van der Waals surface area contributed by atoms with Crippen LogP contribution in [0.1, 0.15) is 40.4 Å². The number of hydrogen-bond donors (Lipinski definition) is 2. The van der Waals surface area contributed by atoms with Crippen molar-refractivity contribution in [3.05, 3.63) is 65.2 Å². The standard InChI is InChI=1S/C20H22N2O2/c1-14-7-8-17(19(23)11-14)20(24)13-16-12-18(22-10-9-21-16)15-5-3-2-4-6-15/h2-8,11,18,22-23H,9-10,12-13H2,1H3. The molecule has 1 unspecified atom stereocenters. The Labute approximate surface area is 142 Å². The fourth-order valence-electron chi connectivity index (χ4n) is 3.03. The molecular weight excluding hydrogens is 300 g/mol. The highest BCUT2D eigenvalue weighted by molar-refractivity contribution is 6.11. The van der Waals surface area contributed by atoms with Crippen LogP contribution in [-0.4, -0.2) is 29.7 Å².